The average molecular weight is 151 g/mol. The summed E-state index contributed by atoms with van der Waals surface area (Å²) >= 11 is 0. The highest BCUT2D eigenvalue weighted by molar-refractivity contribution is 4.93. The van der Waals surface area contributed by atoms with Gasteiger partial charge in [-0.05, 0) is 6.92 Å². The van der Waals surface area contributed by atoms with Gasteiger partial charge in [0.25, 0.3) is 0 Å². The van der Waals surface area contributed by atoms with E-state index in [1.54, 1.807) is 6.33 Å². The molecule has 1 heterocycles. The fourth-order valence-corrected chi connectivity index (χ4v) is 0.789. The van der Waals surface area contributed by atoms with Crippen LogP contribution in [0.3, 0.4) is 0 Å². The van der Waals surface area contributed by atoms with E-state index in [0.29, 0.717) is 0 Å². The van der Waals surface area contributed by atoms with Gasteiger partial charge < -0.3 is 10.3 Å². The zero-order valence-electron chi connectivity index (χ0n) is 6.67. The van der Waals surface area contributed by atoms with Crippen molar-refractivity contribution in [2.75, 3.05) is 6.54 Å². The third-order valence-electron chi connectivity index (χ3n) is 1.37. The molecule has 0 aliphatic heterocycles. The monoisotopic (exact) mass is 151 g/mol. The fourth-order valence-electron chi connectivity index (χ4n) is 0.789. The van der Waals surface area contributed by atoms with Crippen molar-refractivity contribution in [1.82, 2.24) is 15.3 Å². The number of imidazole rings is 1. The Bertz CT molecular complexity index is 201. The maximum Gasteiger partial charge on any atom is 0.0922 e. The van der Waals surface area contributed by atoms with Gasteiger partial charge in [-0.3, -0.25) is 0 Å². The topological polar surface area (TPSA) is 40.7 Å². The Hall–Kier alpha value is -1.09. The lowest BCUT2D eigenvalue weighted by molar-refractivity contribution is 0.744. The van der Waals surface area contributed by atoms with Crippen LogP contribution in [-0.4, -0.2) is 16.5 Å². The lowest BCUT2D eigenvalue weighted by Gasteiger charge is -1.96. The van der Waals surface area contributed by atoms with Crippen molar-refractivity contribution in [3.05, 3.63) is 30.4 Å². The van der Waals surface area contributed by atoms with Crippen LogP contribution in [0.25, 0.3) is 0 Å². The molecule has 1 aromatic rings. The van der Waals surface area contributed by atoms with Crippen molar-refractivity contribution in [3.8, 4) is 0 Å². The first-order valence-corrected chi connectivity index (χ1v) is 3.72. The van der Waals surface area contributed by atoms with Crippen LogP contribution in [0.1, 0.15) is 12.6 Å². The van der Waals surface area contributed by atoms with E-state index in [4.69, 9.17) is 0 Å². The van der Waals surface area contributed by atoms with Crippen molar-refractivity contribution < 1.29 is 0 Å². The largest absolute Gasteiger partial charge is 0.347 e. The van der Waals surface area contributed by atoms with Crippen LogP contribution in [0.5, 0.6) is 0 Å². The molecule has 0 aliphatic rings. The van der Waals surface area contributed by atoms with Crippen molar-refractivity contribution in [1.29, 1.82) is 0 Å². The average Bonchev–Trinajstić information content (AvgIpc) is 2.50. The molecule has 0 amide bonds. The summed E-state index contributed by atoms with van der Waals surface area (Å²) < 4.78 is 0. The lowest BCUT2D eigenvalue weighted by atomic mass is 10.4. The second-order valence-electron chi connectivity index (χ2n) is 2.28. The molecule has 1 rings (SSSR count). The number of hydrogen-bond donors (Lipinski definition) is 2. The van der Waals surface area contributed by atoms with E-state index in [-0.39, 0.29) is 0 Å². The van der Waals surface area contributed by atoms with Crippen LogP contribution >= 0.6 is 0 Å². The summed E-state index contributed by atoms with van der Waals surface area (Å²) in [5, 5.41) is 3.23. The number of rotatable bonds is 4. The van der Waals surface area contributed by atoms with Gasteiger partial charge in [-0.25, -0.2) is 4.98 Å². The predicted molar refractivity (Wildman–Crippen MR) is 45.1 cm³/mol. The summed E-state index contributed by atoms with van der Waals surface area (Å²) in [6.07, 6.45) is 7.62. The third-order valence-corrected chi connectivity index (χ3v) is 1.37. The Labute approximate surface area is 66.5 Å². The van der Waals surface area contributed by atoms with Crippen molar-refractivity contribution >= 4 is 0 Å². The van der Waals surface area contributed by atoms with Gasteiger partial charge in [-0.15, -0.1) is 0 Å². The first-order chi connectivity index (χ1) is 5.43. The second kappa shape index (κ2) is 4.68. The number of nitrogens with one attached hydrogen (secondary N) is 2. The first kappa shape index (κ1) is 8.01. The Kier molecular flexibility index (Phi) is 3.41. The molecule has 0 unspecified atom stereocenters. The number of aromatic nitrogens is 2. The molecule has 11 heavy (non-hydrogen) atoms. The zero-order valence-corrected chi connectivity index (χ0v) is 6.67. The van der Waals surface area contributed by atoms with E-state index in [2.05, 4.69) is 21.4 Å². The highest BCUT2D eigenvalue weighted by Gasteiger charge is 1.88. The minimum absolute atomic E-state index is 0.852. The molecule has 0 atom stereocenters. The maximum atomic E-state index is 3.91. The Morgan fingerprint density at radius 3 is 3.27 bits per heavy atom. The molecule has 3 nitrogen and oxygen atoms in total. The number of aromatic amines is 1. The molecule has 2 N–H and O–H groups in total. The van der Waals surface area contributed by atoms with Gasteiger partial charge in [-0.1, -0.05) is 12.2 Å². The highest BCUT2D eigenvalue weighted by Crippen LogP contribution is 1.87. The normalized spacial score (nSPS) is 11.0. The Balaban J connectivity index is 2.14. The minimum atomic E-state index is 0.852. The molecule has 0 saturated carbocycles. The lowest BCUT2D eigenvalue weighted by Crippen LogP contribution is -2.12. The number of nitrogens with zero attached hydrogens (tertiary/aromatic N) is 1. The van der Waals surface area contributed by atoms with Gasteiger partial charge in [0, 0.05) is 25.0 Å². The summed E-state index contributed by atoms with van der Waals surface area (Å²) in [6, 6.07) is 0. The van der Waals surface area contributed by atoms with E-state index in [1.165, 1.54) is 0 Å². The smallest absolute Gasteiger partial charge is 0.0922 e. The van der Waals surface area contributed by atoms with Crippen LogP contribution in [-0.2, 0) is 6.54 Å². The molecule has 0 fully saturated rings. The van der Waals surface area contributed by atoms with Gasteiger partial charge in [0.1, 0.15) is 0 Å². The molecule has 0 aromatic carbocycles. The standard InChI is InChI=1S/C8H13N3/c1-2-3-4-9-5-8-6-10-7-11-8/h2-3,6-7,9H,4-5H2,1H3,(H,10,11)/b3-2+. The van der Waals surface area contributed by atoms with E-state index in [0.717, 1.165) is 18.8 Å². The molecule has 0 spiro atoms. The molecule has 0 bridgehead atoms. The quantitative estimate of drug-likeness (QED) is 0.499. The van der Waals surface area contributed by atoms with E-state index in [1.807, 2.05) is 19.2 Å². The van der Waals surface area contributed by atoms with Gasteiger partial charge in [0.2, 0.25) is 0 Å². The molecule has 0 saturated heterocycles. The third kappa shape index (κ3) is 3.00. The van der Waals surface area contributed by atoms with E-state index in [9.17, 15) is 0 Å². The fraction of sp³-hybridized carbons (Fsp3) is 0.375. The minimum Gasteiger partial charge on any atom is -0.347 e. The van der Waals surface area contributed by atoms with Crippen molar-refractivity contribution in [3.63, 3.8) is 0 Å². The van der Waals surface area contributed by atoms with E-state index >= 15 is 0 Å². The second-order valence-corrected chi connectivity index (χ2v) is 2.28. The summed E-state index contributed by atoms with van der Waals surface area (Å²) in [6.45, 7) is 3.78. The Morgan fingerprint density at radius 2 is 2.64 bits per heavy atom. The highest BCUT2D eigenvalue weighted by atomic mass is 14.9. The van der Waals surface area contributed by atoms with Gasteiger partial charge in [-0.2, -0.15) is 0 Å². The van der Waals surface area contributed by atoms with Crippen LogP contribution < -0.4 is 5.32 Å². The molecule has 60 valence electrons. The predicted octanol–water partition coefficient (Wildman–Crippen LogP) is 1.08. The van der Waals surface area contributed by atoms with Crippen LogP contribution in [0, 0.1) is 0 Å². The van der Waals surface area contributed by atoms with Crippen molar-refractivity contribution in [2.45, 2.75) is 13.5 Å². The first-order valence-electron chi connectivity index (χ1n) is 3.72. The maximum absolute atomic E-state index is 3.91. The van der Waals surface area contributed by atoms with Crippen molar-refractivity contribution in [2.24, 2.45) is 0 Å². The summed E-state index contributed by atoms with van der Waals surface area (Å²) in [7, 11) is 0. The van der Waals surface area contributed by atoms with Gasteiger partial charge in [0.05, 0.1) is 6.33 Å². The molecule has 0 radical (unpaired) electrons. The van der Waals surface area contributed by atoms with E-state index < -0.39 is 0 Å². The van der Waals surface area contributed by atoms with Crippen LogP contribution in [0.2, 0.25) is 0 Å². The van der Waals surface area contributed by atoms with Gasteiger partial charge in [0.15, 0.2) is 0 Å². The summed E-state index contributed by atoms with van der Waals surface area (Å²) in [5.41, 5.74) is 1.12. The van der Waals surface area contributed by atoms with Crippen LogP contribution in [0.15, 0.2) is 24.7 Å². The molecule has 1 aromatic heterocycles. The molecule has 0 aliphatic carbocycles. The molecule has 3 heteroatoms. The Morgan fingerprint density at radius 1 is 1.73 bits per heavy atom. The number of hydrogen-bond acceptors (Lipinski definition) is 2. The summed E-state index contributed by atoms with van der Waals surface area (Å²) in [4.78, 5) is 6.92. The van der Waals surface area contributed by atoms with Crippen LogP contribution in [0.4, 0.5) is 0 Å². The number of H-pyrrole nitrogens is 1. The zero-order chi connectivity index (χ0) is 7.94. The SMILES string of the molecule is C/C=C/CNCc1cnc[nH]1. The summed E-state index contributed by atoms with van der Waals surface area (Å²) in [5.74, 6) is 0. The molecular weight excluding hydrogens is 138 g/mol. The number of allylic oxidation sites excluding steroid dienone is 1. The van der Waals surface area contributed by atoms with Gasteiger partial charge >= 0.3 is 0 Å². The molecular formula is C8H13N3.